The topological polar surface area (TPSA) is 21.3 Å². The van der Waals surface area contributed by atoms with Gasteiger partial charge in [0.1, 0.15) is 0 Å². The fourth-order valence-electron chi connectivity index (χ4n) is 1.74. The lowest BCUT2D eigenvalue weighted by Crippen LogP contribution is -2.13. The Hall–Kier alpha value is -1.09. The first kappa shape index (κ1) is 13.0. The second kappa shape index (κ2) is 6.48. The molecule has 0 aliphatic heterocycles. The summed E-state index contributed by atoms with van der Waals surface area (Å²) < 4.78 is 18.8. The Kier molecular flexibility index (Phi) is 5.26. The Morgan fingerprint density at radius 2 is 2.19 bits per heavy atom. The van der Waals surface area contributed by atoms with E-state index in [2.05, 4.69) is 12.2 Å². The third-order valence-electron chi connectivity index (χ3n) is 2.72. The molecule has 0 saturated heterocycles. The standard InChI is InChI=1S/C13H20FNO/c1-10(7-8-15-2)9-11-5-4-6-12(16-3)13(11)14/h4-6,10,15H,7-9H2,1-3H3. The number of ether oxygens (including phenoxy) is 1. The van der Waals surface area contributed by atoms with Gasteiger partial charge in [-0.3, -0.25) is 0 Å². The minimum Gasteiger partial charge on any atom is -0.494 e. The number of rotatable bonds is 6. The highest BCUT2D eigenvalue weighted by atomic mass is 19.1. The molecule has 1 aromatic rings. The van der Waals surface area contributed by atoms with Crippen LogP contribution in [0, 0.1) is 11.7 Å². The molecule has 1 rings (SSSR count). The maximum absolute atomic E-state index is 13.8. The van der Waals surface area contributed by atoms with Gasteiger partial charge < -0.3 is 10.1 Å². The third kappa shape index (κ3) is 3.49. The van der Waals surface area contributed by atoms with E-state index in [0.29, 0.717) is 11.7 Å². The summed E-state index contributed by atoms with van der Waals surface area (Å²) in [6.07, 6.45) is 1.80. The molecule has 0 aliphatic carbocycles. The van der Waals surface area contributed by atoms with E-state index in [9.17, 15) is 4.39 Å². The van der Waals surface area contributed by atoms with Crippen molar-refractivity contribution in [3.8, 4) is 5.75 Å². The molecule has 0 saturated carbocycles. The first-order valence-electron chi connectivity index (χ1n) is 5.65. The summed E-state index contributed by atoms with van der Waals surface area (Å²) in [6, 6.07) is 5.31. The van der Waals surface area contributed by atoms with Crippen LogP contribution in [0.4, 0.5) is 4.39 Å². The first-order chi connectivity index (χ1) is 7.69. The van der Waals surface area contributed by atoms with Gasteiger partial charge in [0, 0.05) is 0 Å². The van der Waals surface area contributed by atoms with E-state index in [1.807, 2.05) is 19.2 Å². The van der Waals surface area contributed by atoms with Crippen molar-refractivity contribution in [3.05, 3.63) is 29.6 Å². The fraction of sp³-hybridized carbons (Fsp3) is 0.538. The summed E-state index contributed by atoms with van der Waals surface area (Å²) in [7, 11) is 3.42. The van der Waals surface area contributed by atoms with Crippen LogP contribution in [-0.4, -0.2) is 20.7 Å². The van der Waals surface area contributed by atoms with Crippen LogP contribution in [0.15, 0.2) is 18.2 Å². The van der Waals surface area contributed by atoms with Crippen molar-refractivity contribution in [2.75, 3.05) is 20.7 Å². The van der Waals surface area contributed by atoms with Crippen molar-refractivity contribution in [2.45, 2.75) is 19.8 Å². The predicted octanol–water partition coefficient (Wildman–Crippen LogP) is 2.62. The lowest BCUT2D eigenvalue weighted by molar-refractivity contribution is 0.381. The zero-order valence-corrected chi connectivity index (χ0v) is 10.2. The van der Waals surface area contributed by atoms with Crippen molar-refractivity contribution in [1.29, 1.82) is 0 Å². The van der Waals surface area contributed by atoms with E-state index in [0.717, 1.165) is 24.9 Å². The average Bonchev–Trinajstić information content (AvgIpc) is 2.29. The highest BCUT2D eigenvalue weighted by Gasteiger charge is 2.11. The number of benzene rings is 1. The Balaban J connectivity index is 2.66. The van der Waals surface area contributed by atoms with Gasteiger partial charge in [-0.05, 0) is 44.0 Å². The molecule has 2 nitrogen and oxygen atoms in total. The van der Waals surface area contributed by atoms with Crippen LogP contribution in [0.25, 0.3) is 0 Å². The van der Waals surface area contributed by atoms with Crippen molar-refractivity contribution < 1.29 is 9.13 Å². The molecule has 0 radical (unpaired) electrons. The van der Waals surface area contributed by atoms with Gasteiger partial charge in [-0.1, -0.05) is 19.1 Å². The van der Waals surface area contributed by atoms with E-state index < -0.39 is 0 Å². The Labute approximate surface area is 96.8 Å². The quantitative estimate of drug-likeness (QED) is 0.803. The van der Waals surface area contributed by atoms with Gasteiger partial charge in [-0.15, -0.1) is 0 Å². The molecule has 0 amide bonds. The van der Waals surface area contributed by atoms with Gasteiger partial charge in [0.2, 0.25) is 0 Å². The number of halogens is 1. The summed E-state index contributed by atoms with van der Waals surface area (Å²) in [5, 5.41) is 3.10. The highest BCUT2D eigenvalue weighted by Crippen LogP contribution is 2.22. The van der Waals surface area contributed by atoms with Crippen molar-refractivity contribution >= 4 is 0 Å². The molecule has 1 atom stereocenters. The maximum Gasteiger partial charge on any atom is 0.168 e. The predicted molar refractivity (Wildman–Crippen MR) is 64.4 cm³/mol. The average molecular weight is 225 g/mol. The first-order valence-corrected chi connectivity index (χ1v) is 5.65. The highest BCUT2D eigenvalue weighted by molar-refractivity contribution is 5.31. The minimum atomic E-state index is -0.221. The number of hydrogen-bond donors (Lipinski definition) is 1. The van der Waals surface area contributed by atoms with E-state index in [4.69, 9.17) is 4.74 Å². The van der Waals surface area contributed by atoms with E-state index >= 15 is 0 Å². The van der Waals surface area contributed by atoms with Gasteiger partial charge in [0.15, 0.2) is 11.6 Å². The molecular weight excluding hydrogens is 205 g/mol. The van der Waals surface area contributed by atoms with E-state index in [1.165, 1.54) is 7.11 Å². The lowest BCUT2D eigenvalue weighted by Gasteiger charge is -2.13. The molecule has 16 heavy (non-hydrogen) atoms. The van der Waals surface area contributed by atoms with Crippen LogP contribution >= 0.6 is 0 Å². The van der Waals surface area contributed by atoms with Gasteiger partial charge in [-0.2, -0.15) is 0 Å². The van der Waals surface area contributed by atoms with Crippen LogP contribution in [0.3, 0.4) is 0 Å². The zero-order chi connectivity index (χ0) is 12.0. The molecule has 0 fully saturated rings. The SMILES string of the molecule is CNCCC(C)Cc1cccc(OC)c1F. The zero-order valence-electron chi connectivity index (χ0n) is 10.2. The molecule has 0 aliphatic rings. The van der Waals surface area contributed by atoms with Gasteiger partial charge in [0.25, 0.3) is 0 Å². The minimum absolute atomic E-state index is 0.221. The lowest BCUT2D eigenvalue weighted by atomic mass is 9.97. The fourth-order valence-corrected chi connectivity index (χ4v) is 1.74. The summed E-state index contributed by atoms with van der Waals surface area (Å²) in [4.78, 5) is 0. The van der Waals surface area contributed by atoms with Gasteiger partial charge >= 0.3 is 0 Å². The van der Waals surface area contributed by atoms with Crippen LogP contribution in [-0.2, 0) is 6.42 Å². The van der Waals surface area contributed by atoms with Crippen molar-refractivity contribution in [1.82, 2.24) is 5.32 Å². The molecule has 90 valence electrons. The summed E-state index contributed by atoms with van der Waals surface area (Å²) >= 11 is 0. The molecule has 0 spiro atoms. The molecule has 0 bridgehead atoms. The van der Waals surface area contributed by atoms with Crippen molar-refractivity contribution in [3.63, 3.8) is 0 Å². The van der Waals surface area contributed by atoms with Crippen molar-refractivity contribution in [2.24, 2.45) is 5.92 Å². The molecule has 0 aromatic heterocycles. The monoisotopic (exact) mass is 225 g/mol. The van der Waals surface area contributed by atoms with Crippen LogP contribution in [0.1, 0.15) is 18.9 Å². The largest absolute Gasteiger partial charge is 0.494 e. The van der Waals surface area contributed by atoms with Gasteiger partial charge in [0.05, 0.1) is 7.11 Å². The second-order valence-electron chi connectivity index (χ2n) is 4.13. The molecule has 3 heteroatoms. The van der Waals surface area contributed by atoms with Crippen LogP contribution in [0.5, 0.6) is 5.75 Å². The normalized spacial score (nSPS) is 12.5. The smallest absolute Gasteiger partial charge is 0.168 e. The molecule has 1 N–H and O–H groups in total. The van der Waals surface area contributed by atoms with Crippen LogP contribution < -0.4 is 10.1 Å². The van der Waals surface area contributed by atoms with Crippen LogP contribution in [0.2, 0.25) is 0 Å². The second-order valence-corrected chi connectivity index (χ2v) is 4.13. The molecular formula is C13H20FNO. The Morgan fingerprint density at radius 3 is 2.81 bits per heavy atom. The summed E-state index contributed by atoms with van der Waals surface area (Å²) in [6.45, 7) is 3.10. The molecule has 0 heterocycles. The summed E-state index contributed by atoms with van der Waals surface area (Å²) in [5.41, 5.74) is 0.739. The molecule has 1 aromatic carbocycles. The maximum atomic E-state index is 13.8. The van der Waals surface area contributed by atoms with Gasteiger partial charge in [-0.25, -0.2) is 4.39 Å². The number of nitrogens with one attached hydrogen (secondary N) is 1. The Morgan fingerprint density at radius 1 is 1.44 bits per heavy atom. The summed E-state index contributed by atoms with van der Waals surface area (Å²) in [5.74, 6) is 0.577. The Bertz CT molecular complexity index is 328. The molecule has 1 unspecified atom stereocenters. The number of hydrogen-bond acceptors (Lipinski definition) is 2. The van der Waals surface area contributed by atoms with E-state index in [-0.39, 0.29) is 5.82 Å². The number of methoxy groups -OCH3 is 1. The van der Waals surface area contributed by atoms with E-state index in [1.54, 1.807) is 6.07 Å². The third-order valence-corrected chi connectivity index (χ3v) is 2.72.